The highest BCUT2D eigenvalue weighted by atomic mass is 16.5. The fourth-order valence-electron chi connectivity index (χ4n) is 4.19. The van der Waals surface area contributed by atoms with Gasteiger partial charge in [0.1, 0.15) is 13.2 Å². The number of carbonyl (C=O) groups is 3. The highest BCUT2D eigenvalue weighted by Crippen LogP contribution is 2.31. The maximum Gasteiger partial charge on any atom is 0.306 e. The van der Waals surface area contributed by atoms with Gasteiger partial charge in [-0.2, -0.15) is 0 Å². The molecule has 3 aromatic rings. The molecule has 7 nitrogen and oxygen atoms in total. The average Bonchev–Trinajstić information content (AvgIpc) is 3.30. The lowest BCUT2D eigenvalue weighted by Gasteiger charge is -2.23. The van der Waals surface area contributed by atoms with Crippen molar-refractivity contribution >= 4 is 17.8 Å². The Hall–Kier alpha value is -4.13. The van der Waals surface area contributed by atoms with Crippen LogP contribution in [-0.2, 0) is 27.5 Å². The van der Waals surface area contributed by atoms with Crippen molar-refractivity contribution in [1.29, 1.82) is 0 Å². The van der Waals surface area contributed by atoms with Gasteiger partial charge in [-0.3, -0.25) is 19.3 Å². The summed E-state index contributed by atoms with van der Waals surface area (Å²) in [4.78, 5) is 39.5. The second kappa shape index (κ2) is 12.0. The van der Waals surface area contributed by atoms with E-state index in [1.807, 2.05) is 60.7 Å². The van der Waals surface area contributed by atoms with E-state index in [-0.39, 0.29) is 37.4 Å². The molecule has 4 rings (SSSR count). The zero-order valence-corrected chi connectivity index (χ0v) is 20.2. The monoisotopic (exact) mass is 487 g/mol. The van der Waals surface area contributed by atoms with Crippen LogP contribution in [0.25, 0.3) is 0 Å². The molecule has 7 heteroatoms. The van der Waals surface area contributed by atoms with E-state index in [4.69, 9.17) is 14.2 Å². The second-order valence-corrected chi connectivity index (χ2v) is 8.59. The first-order chi connectivity index (χ1) is 17.5. The topological polar surface area (TPSA) is 82.1 Å². The first-order valence-electron chi connectivity index (χ1n) is 12.0. The van der Waals surface area contributed by atoms with Crippen molar-refractivity contribution in [2.45, 2.75) is 44.9 Å². The van der Waals surface area contributed by atoms with E-state index < -0.39 is 5.91 Å². The number of imide groups is 1. The number of likely N-dealkylation sites (tertiary alicyclic amines) is 1. The molecule has 1 heterocycles. The van der Waals surface area contributed by atoms with Gasteiger partial charge in [0.05, 0.1) is 7.11 Å². The number of amides is 2. The Bertz CT molecular complexity index is 1190. The lowest BCUT2D eigenvalue weighted by atomic mass is 10.1. The number of hydrogen-bond donors (Lipinski definition) is 0. The number of nitrogens with zero attached hydrogens (tertiary/aromatic N) is 1. The van der Waals surface area contributed by atoms with Gasteiger partial charge in [0.15, 0.2) is 11.5 Å². The van der Waals surface area contributed by atoms with Crippen LogP contribution >= 0.6 is 0 Å². The molecule has 0 radical (unpaired) electrons. The van der Waals surface area contributed by atoms with Gasteiger partial charge < -0.3 is 14.2 Å². The Kier molecular flexibility index (Phi) is 8.34. The first kappa shape index (κ1) is 25.0. The van der Waals surface area contributed by atoms with Crippen LogP contribution in [0.5, 0.6) is 11.5 Å². The third-order valence-corrected chi connectivity index (χ3v) is 6.12. The minimum absolute atomic E-state index is 0.128. The highest BCUT2D eigenvalue weighted by molar-refractivity contribution is 6.06. The van der Waals surface area contributed by atoms with Gasteiger partial charge in [-0.15, -0.1) is 0 Å². The summed E-state index contributed by atoms with van der Waals surface area (Å²) in [7, 11) is 1.53. The molecule has 3 aromatic carbocycles. The van der Waals surface area contributed by atoms with E-state index in [2.05, 4.69) is 0 Å². The Morgan fingerprint density at radius 1 is 0.889 bits per heavy atom. The minimum atomic E-state index is -0.410. The average molecular weight is 488 g/mol. The van der Waals surface area contributed by atoms with Crippen molar-refractivity contribution in [3.63, 3.8) is 0 Å². The maximum absolute atomic E-state index is 13.3. The Balaban J connectivity index is 1.39. The van der Waals surface area contributed by atoms with Crippen LogP contribution in [0.1, 0.15) is 47.2 Å². The standard InChI is InChI=1S/C29H29NO6/c1-34-25-15-12-23(18-26(25)35-19-21-8-4-2-5-9-21)29(33)30-24(13-16-27(30)31)14-17-28(32)36-20-22-10-6-3-7-11-22/h2-12,15,18,24H,13-14,16-17,19-20H2,1H3. The van der Waals surface area contributed by atoms with E-state index in [1.54, 1.807) is 18.2 Å². The summed E-state index contributed by atoms with van der Waals surface area (Å²) in [5, 5.41) is 0. The number of benzene rings is 3. The third-order valence-electron chi connectivity index (χ3n) is 6.12. The van der Waals surface area contributed by atoms with Crippen molar-refractivity contribution in [3.8, 4) is 11.5 Å². The molecule has 1 saturated heterocycles. The summed E-state index contributed by atoms with van der Waals surface area (Å²) in [6.07, 6.45) is 1.27. The maximum atomic E-state index is 13.3. The highest BCUT2D eigenvalue weighted by Gasteiger charge is 2.36. The van der Waals surface area contributed by atoms with Crippen molar-refractivity contribution in [3.05, 3.63) is 95.6 Å². The first-order valence-corrected chi connectivity index (χ1v) is 12.0. The molecule has 0 saturated carbocycles. The van der Waals surface area contributed by atoms with Crippen LogP contribution in [0, 0.1) is 0 Å². The van der Waals surface area contributed by atoms with E-state index in [0.29, 0.717) is 36.5 Å². The zero-order chi connectivity index (χ0) is 25.3. The minimum Gasteiger partial charge on any atom is -0.493 e. The van der Waals surface area contributed by atoms with Gasteiger partial charge in [0.25, 0.3) is 5.91 Å². The molecule has 0 N–H and O–H groups in total. The summed E-state index contributed by atoms with van der Waals surface area (Å²) in [5.74, 6) is -0.0999. The molecule has 1 unspecified atom stereocenters. The molecule has 0 aromatic heterocycles. The summed E-state index contributed by atoms with van der Waals surface area (Å²) in [6, 6.07) is 23.6. The number of ether oxygens (including phenoxy) is 3. The number of methoxy groups -OCH3 is 1. The fraction of sp³-hybridized carbons (Fsp3) is 0.276. The van der Waals surface area contributed by atoms with Gasteiger partial charge in [-0.1, -0.05) is 60.7 Å². The van der Waals surface area contributed by atoms with Crippen LogP contribution in [-0.4, -0.2) is 35.8 Å². The smallest absolute Gasteiger partial charge is 0.306 e. The van der Waals surface area contributed by atoms with Crippen molar-refractivity contribution in [1.82, 2.24) is 4.90 Å². The van der Waals surface area contributed by atoms with E-state index in [1.165, 1.54) is 12.0 Å². The SMILES string of the molecule is COc1ccc(C(=O)N2C(=O)CCC2CCC(=O)OCc2ccccc2)cc1OCc1ccccc1. The van der Waals surface area contributed by atoms with Gasteiger partial charge in [-0.25, -0.2) is 0 Å². The summed E-state index contributed by atoms with van der Waals surface area (Å²) >= 11 is 0. The zero-order valence-electron chi connectivity index (χ0n) is 20.2. The molecule has 36 heavy (non-hydrogen) atoms. The molecule has 0 bridgehead atoms. The largest absolute Gasteiger partial charge is 0.493 e. The van der Waals surface area contributed by atoms with Gasteiger partial charge in [0, 0.05) is 24.4 Å². The number of esters is 1. The number of rotatable bonds is 10. The molecular weight excluding hydrogens is 458 g/mol. The quantitative estimate of drug-likeness (QED) is 0.298. The molecule has 186 valence electrons. The predicted molar refractivity (Wildman–Crippen MR) is 133 cm³/mol. The molecule has 1 atom stereocenters. The number of carbonyl (C=O) groups excluding carboxylic acids is 3. The molecule has 1 fully saturated rings. The summed E-state index contributed by atoms with van der Waals surface area (Å²) in [6.45, 7) is 0.509. The van der Waals surface area contributed by atoms with Crippen LogP contribution < -0.4 is 9.47 Å². The van der Waals surface area contributed by atoms with Crippen molar-refractivity contribution in [2.75, 3.05) is 7.11 Å². The van der Waals surface area contributed by atoms with Crippen molar-refractivity contribution < 1.29 is 28.6 Å². The van der Waals surface area contributed by atoms with Gasteiger partial charge >= 0.3 is 5.97 Å². The Morgan fingerprint density at radius 2 is 1.56 bits per heavy atom. The molecule has 0 spiro atoms. The van der Waals surface area contributed by atoms with Crippen LogP contribution in [0.3, 0.4) is 0 Å². The molecule has 1 aliphatic rings. The normalized spacial score (nSPS) is 15.0. The van der Waals surface area contributed by atoms with Crippen LogP contribution in [0.15, 0.2) is 78.9 Å². The summed E-state index contributed by atoms with van der Waals surface area (Å²) in [5.41, 5.74) is 2.21. The Labute approximate surface area is 210 Å². The van der Waals surface area contributed by atoms with Crippen molar-refractivity contribution in [2.24, 2.45) is 0 Å². The van der Waals surface area contributed by atoms with Crippen LogP contribution in [0.4, 0.5) is 0 Å². The van der Waals surface area contributed by atoms with E-state index in [0.717, 1.165) is 11.1 Å². The van der Waals surface area contributed by atoms with Gasteiger partial charge in [0.2, 0.25) is 5.91 Å². The molecule has 2 amide bonds. The Morgan fingerprint density at radius 3 is 2.22 bits per heavy atom. The third kappa shape index (κ3) is 6.30. The lowest BCUT2D eigenvalue weighted by Crippen LogP contribution is -2.39. The second-order valence-electron chi connectivity index (χ2n) is 8.59. The molecule has 0 aliphatic carbocycles. The lowest BCUT2D eigenvalue weighted by molar-refractivity contribution is -0.145. The fourth-order valence-corrected chi connectivity index (χ4v) is 4.19. The molecular formula is C29H29NO6. The van der Waals surface area contributed by atoms with E-state index in [9.17, 15) is 14.4 Å². The van der Waals surface area contributed by atoms with E-state index >= 15 is 0 Å². The van der Waals surface area contributed by atoms with Crippen LogP contribution in [0.2, 0.25) is 0 Å². The number of hydrogen-bond acceptors (Lipinski definition) is 6. The van der Waals surface area contributed by atoms with Gasteiger partial charge in [-0.05, 0) is 42.2 Å². The predicted octanol–water partition coefficient (Wildman–Crippen LogP) is 4.93. The molecule has 1 aliphatic heterocycles. The summed E-state index contributed by atoms with van der Waals surface area (Å²) < 4.78 is 16.7.